The second kappa shape index (κ2) is 3.98. The van der Waals surface area contributed by atoms with E-state index in [1.54, 1.807) is 6.92 Å². The molecule has 1 unspecified atom stereocenters. The van der Waals surface area contributed by atoms with Gasteiger partial charge in [0.05, 0.1) is 6.17 Å². The van der Waals surface area contributed by atoms with Crippen LogP contribution in [0.1, 0.15) is 13.8 Å². The van der Waals surface area contributed by atoms with E-state index in [2.05, 4.69) is 10.5 Å². The molecule has 0 aliphatic rings. The van der Waals surface area contributed by atoms with Gasteiger partial charge in [-0.05, 0) is 13.5 Å². The van der Waals surface area contributed by atoms with Crippen molar-refractivity contribution in [1.29, 1.82) is 0 Å². The highest BCUT2D eigenvalue weighted by molar-refractivity contribution is 7.86. The molecule has 0 saturated heterocycles. The molecule has 6 nitrogen and oxygen atoms in total. The zero-order valence-corrected chi connectivity index (χ0v) is 7.30. The minimum atomic E-state index is -4.00. The van der Waals surface area contributed by atoms with Crippen LogP contribution in [0, 0.1) is 0 Å². The van der Waals surface area contributed by atoms with E-state index in [9.17, 15) is 8.42 Å². The van der Waals surface area contributed by atoms with Gasteiger partial charge in [-0.25, -0.2) is 5.14 Å². The summed E-state index contributed by atoms with van der Waals surface area (Å²) in [4.78, 5) is 0. The summed E-state index contributed by atoms with van der Waals surface area (Å²) in [6.45, 7) is 3.81. The Kier molecular flexibility index (Phi) is 3.90. The van der Waals surface area contributed by atoms with E-state index in [4.69, 9.17) is 5.21 Å². The molecule has 0 aromatic heterocycles. The molecule has 0 aliphatic heterocycles. The molecule has 0 heterocycles. The minimum Gasteiger partial charge on any atom is -0.299 e. The molecule has 0 aromatic carbocycles. The second-order valence-corrected chi connectivity index (χ2v) is 3.46. The minimum absolute atomic E-state index is 0.0799. The first-order chi connectivity index (χ1) is 4.89. The van der Waals surface area contributed by atoms with Gasteiger partial charge in [-0.1, -0.05) is 11.4 Å². The van der Waals surface area contributed by atoms with Crippen molar-refractivity contribution in [2.75, 3.05) is 6.54 Å². The number of nitrogens with one attached hydrogen (secondary N) is 1. The van der Waals surface area contributed by atoms with Crippen LogP contribution in [0.5, 0.6) is 0 Å². The standard InChI is InChI=1S/C4H13N3O3S/c1-3-6-4(2)7(8)11(5,9)10/h4,6,8H,3H2,1-2H3,(H2,5,9,10). The highest BCUT2D eigenvalue weighted by Crippen LogP contribution is 1.94. The molecule has 4 N–H and O–H groups in total. The first-order valence-corrected chi connectivity index (χ1v) is 4.64. The molecule has 0 spiro atoms. The van der Waals surface area contributed by atoms with Crippen molar-refractivity contribution in [2.24, 2.45) is 5.14 Å². The van der Waals surface area contributed by atoms with Gasteiger partial charge >= 0.3 is 0 Å². The summed E-state index contributed by atoms with van der Waals surface area (Å²) in [6, 6.07) is 0. The monoisotopic (exact) mass is 183 g/mol. The fourth-order valence-electron chi connectivity index (χ4n) is 0.594. The number of rotatable bonds is 4. The number of hydroxylamine groups is 1. The molecule has 0 aromatic rings. The molecular weight excluding hydrogens is 170 g/mol. The van der Waals surface area contributed by atoms with Crippen molar-refractivity contribution in [1.82, 2.24) is 9.79 Å². The number of nitrogens with two attached hydrogens (primary N) is 1. The van der Waals surface area contributed by atoms with Crippen molar-refractivity contribution >= 4 is 10.2 Å². The Balaban J connectivity index is 4.14. The molecule has 0 bridgehead atoms. The van der Waals surface area contributed by atoms with Gasteiger partial charge in [0.15, 0.2) is 0 Å². The zero-order valence-electron chi connectivity index (χ0n) is 6.48. The summed E-state index contributed by atoms with van der Waals surface area (Å²) >= 11 is 0. The fourth-order valence-corrected chi connectivity index (χ4v) is 1.11. The molecule has 0 saturated carbocycles. The van der Waals surface area contributed by atoms with Crippen LogP contribution in [0.25, 0.3) is 0 Å². The SMILES string of the molecule is CCNC(C)N(O)S(N)(=O)=O. The highest BCUT2D eigenvalue weighted by atomic mass is 32.2. The van der Waals surface area contributed by atoms with Gasteiger partial charge < -0.3 is 0 Å². The normalized spacial score (nSPS) is 15.4. The van der Waals surface area contributed by atoms with Gasteiger partial charge in [0.25, 0.3) is 10.2 Å². The van der Waals surface area contributed by atoms with Gasteiger partial charge in [0.2, 0.25) is 0 Å². The molecule has 0 aliphatic carbocycles. The third-order valence-corrected chi connectivity index (χ3v) is 1.93. The molecule has 0 rings (SSSR count). The first-order valence-electron chi connectivity index (χ1n) is 3.14. The van der Waals surface area contributed by atoms with Crippen LogP contribution in [0.4, 0.5) is 0 Å². The average Bonchev–Trinajstić information content (AvgIpc) is 1.85. The Morgan fingerprint density at radius 1 is 1.73 bits per heavy atom. The predicted molar refractivity (Wildman–Crippen MR) is 39.9 cm³/mol. The summed E-state index contributed by atoms with van der Waals surface area (Å²) in [5, 5.41) is 16.1. The molecule has 11 heavy (non-hydrogen) atoms. The summed E-state index contributed by atoms with van der Waals surface area (Å²) < 4.78 is 21.0. The molecule has 0 radical (unpaired) electrons. The third kappa shape index (κ3) is 3.63. The summed E-state index contributed by atoms with van der Waals surface area (Å²) in [6.07, 6.45) is -0.699. The van der Waals surface area contributed by atoms with Crippen molar-refractivity contribution in [3.05, 3.63) is 0 Å². The van der Waals surface area contributed by atoms with Crippen LogP contribution in [0.3, 0.4) is 0 Å². The molecule has 0 fully saturated rings. The fraction of sp³-hybridized carbons (Fsp3) is 1.00. The van der Waals surface area contributed by atoms with E-state index >= 15 is 0 Å². The van der Waals surface area contributed by atoms with E-state index in [-0.39, 0.29) is 4.47 Å². The maximum absolute atomic E-state index is 10.5. The number of hydrogen-bond donors (Lipinski definition) is 3. The highest BCUT2D eigenvalue weighted by Gasteiger charge is 2.19. The van der Waals surface area contributed by atoms with Gasteiger partial charge in [0.1, 0.15) is 0 Å². The average molecular weight is 183 g/mol. The van der Waals surface area contributed by atoms with Crippen molar-refractivity contribution in [2.45, 2.75) is 20.0 Å². The van der Waals surface area contributed by atoms with E-state index in [0.717, 1.165) is 0 Å². The lowest BCUT2D eigenvalue weighted by atomic mass is 10.6. The largest absolute Gasteiger partial charge is 0.300 e. The van der Waals surface area contributed by atoms with Gasteiger partial charge in [0, 0.05) is 0 Å². The van der Waals surface area contributed by atoms with E-state index < -0.39 is 16.4 Å². The summed E-state index contributed by atoms with van der Waals surface area (Å²) in [5.41, 5.74) is 0. The first kappa shape index (κ1) is 10.8. The predicted octanol–water partition coefficient (Wildman–Crippen LogP) is -1.16. The lowest BCUT2D eigenvalue weighted by molar-refractivity contribution is -0.0400. The van der Waals surface area contributed by atoms with Crippen molar-refractivity contribution in [3.8, 4) is 0 Å². The van der Waals surface area contributed by atoms with Crippen LogP contribution < -0.4 is 10.5 Å². The van der Waals surface area contributed by atoms with E-state index in [1.807, 2.05) is 0 Å². The zero-order chi connectivity index (χ0) is 9.07. The smallest absolute Gasteiger partial charge is 0.299 e. The van der Waals surface area contributed by atoms with Crippen molar-refractivity contribution < 1.29 is 13.6 Å². The Morgan fingerprint density at radius 2 is 2.18 bits per heavy atom. The number of hydrogen-bond acceptors (Lipinski definition) is 4. The van der Waals surface area contributed by atoms with Crippen LogP contribution in [-0.2, 0) is 10.2 Å². The molecule has 68 valence electrons. The Hall–Kier alpha value is -0.210. The number of nitrogens with zero attached hydrogens (tertiary/aromatic N) is 1. The van der Waals surface area contributed by atoms with Crippen LogP contribution >= 0.6 is 0 Å². The maximum Gasteiger partial charge on any atom is 0.300 e. The molecule has 7 heteroatoms. The topological polar surface area (TPSA) is 95.7 Å². The quantitative estimate of drug-likeness (QED) is 0.378. The lowest BCUT2D eigenvalue weighted by Gasteiger charge is -2.19. The molecule has 1 atom stereocenters. The second-order valence-electron chi connectivity index (χ2n) is 2.05. The maximum atomic E-state index is 10.5. The van der Waals surface area contributed by atoms with Crippen LogP contribution in [0.2, 0.25) is 0 Å². The molecular formula is C4H13N3O3S. The summed E-state index contributed by atoms with van der Waals surface area (Å²) in [7, 11) is -4.00. The van der Waals surface area contributed by atoms with E-state index in [1.165, 1.54) is 6.92 Å². The Morgan fingerprint density at radius 3 is 2.45 bits per heavy atom. The van der Waals surface area contributed by atoms with Crippen molar-refractivity contribution in [3.63, 3.8) is 0 Å². The van der Waals surface area contributed by atoms with E-state index in [0.29, 0.717) is 6.54 Å². The van der Waals surface area contributed by atoms with Gasteiger partial charge in [-0.3, -0.25) is 10.5 Å². The third-order valence-electron chi connectivity index (χ3n) is 1.09. The Labute approximate surface area is 66.1 Å². The van der Waals surface area contributed by atoms with Crippen LogP contribution in [0.15, 0.2) is 0 Å². The van der Waals surface area contributed by atoms with Gasteiger partial charge in [-0.2, -0.15) is 8.42 Å². The lowest BCUT2D eigenvalue weighted by Crippen LogP contribution is -2.47. The molecule has 0 amide bonds. The van der Waals surface area contributed by atoms with Gasteiger partial charge in [-0.15, -0.1) is 0 Å². The van der Waals surface area contributed by atoms with Crippen LogP contribution in [-0.4, -0.2) is 30.8 Å². The summed E-state index contributed by atoms with van der Waals surface area (Å²) in [5.74, 6) is 0. The Bertz CT molecular complexity index is 203.